The van der Waals surface area contributed by atoms with Crippen molar-refractivity contribution in [2.45, 2.75) is 45.2 Å². The fourth-order valence-corrected chi connectivity index (χ4v) is 5.89. The number of hydrogen-bond donors (Lipinski definition) is 2. The summed E-state index contributed by atoms with van der Waals surface area (Å²) >= 11 is 6.04. The third-order valence-electron chi connectivity index (χ3n) is 7.84. The Bertz CT molecular complexity index is 1660. The first-order valence-corrected chi connectivity index (χ1v) is 13.9. The maximum Gasteiger partial charge on any atom is 0.334 e. The number of nitrogens with zero attached hydrogens (tertiary/aromatic N) is 5. The lowest BCUT2D eigenvalue weighted by molar-refractivity contribution is 0.0919. The minimum Gasteiger partial charge on any atom is -0.349 e. The van der Waals surface area contributed by atoms with Crippen LogP contribution in [0.4, 0.5) is 10.6 Å². The van der Waals surface area contributed by atoms with E-state index in [9.17, 15) is 14.4 Å². The van der Waals surface area contributed by atoms with Crippen molar-refractivity contribution in [3.05, 3.63) is 81.5 Å². The molecular formula is C29H30ClN7O3. The molecule has 2 aliphatic rings. The van der Waals surface area contributed by atoms with Crippen LogP contribution < -0.4 is 21.2 Å². The number of anilines is 1. The Kier molecular flexibility index (Phi) is 7.02. The number of halogens is 1. The number of hydrogen-bond acceptors (Lipinski definition) is 5. The number of rotatable bonds is 6. The molecule has 1 saturated heterocycles. The summed E-state index contributed by atoms with van der Waals surface area (Å²) in [5.74, 6) is 1.14. The first-order chi connectivity index (χ1) is 19.4. The van der Waals surface area contributed by atoms with Gasteiger partial charge in [-0.05, 0) is 68.9 Å². The highest BCUT2D eigenvalue weighted by atomic mass is 35.5. The van der Waals surface area contributed by atoms with E-state index in [1.807, 2.05) is 34.9 Å². The van der Waals surface area contributed by atoms with Crippen LogP contribution in [0, 0.1) is 12.8 Å². The number of aryl methyl sites for hydroxylation is 1. The third-order valence-corrected chi connectivity index (χ3v) is 8.05. The number of nitrogens with one attached hydrogen (secondary N) is 2. The van der Waals surface area contributed by atoms with E-state index in [1.165, 1.54) is 6.20 Å². The van der Waals surface area contributed by atoms with Crippen LogP contribution in [0.5, 0.6) is 0 Å². The van der Waals surface area contributed by atoms with E-state index in [2.05, 4.69) is 20.6 Å². The highest BCUT2D eigenvalue weighted by Gasteiger charge is 2.27. The number of benzene rings is 1. The van der Waals surface area contributed by atoms with E-state index >= 15 is 0 Å². The molecule has 1 saturated carbocycles. The summed E-state index contributed by atoms with van der Waals surface area (Å²) in [6.07, 6.45) is 4.98. The molecule has 1 aromatic carbocycles. The van der Waals surface area contributed by atoms with Crippen molar-refractivity contribution in [1.29, 1.82) is 0 Å². The van der Waals surface area contributed by atoms with Crippen molar-refractivity contribution in [2.24, 2.45) is 5.92 Å². The molecular weight excluding hydrogens is 530 g/mol. The molecule has 2 fully saturated rings. The standard InChI is InChI=1S/C29H30ClN7O3/c1-18-22(15-20(30)16-32-18)27(38)33-21-11-9-19(10-12-21)17-36-23-5-2-3-6-24(23)37(29(36)40)26-8-4-7-25(34-26)35-14-13-31-28(35)39/h2-8,15-16,19,21H,9-14,17H2,1H3,(H,31,39)(H,33,38). The number of carbonyl (C=O) groups excluding carboxylic acids is 2. The first kappa shape index (κ1) is 26.1. The summed E-state index contributed by atoms with van der Waals surface area (Å²) < 4.78 is 3.46. The predicted molar refractivity (Wildman–Crippen MR) is 153 cm³/mol. The molecule has 10 nitrogen and oxygen atoms in total. The second kappa shape index (κ2) is 10.8. The van der Waals surface area contributed by atoms with Gasteiger partial charge in [0.1, 0.15) is 11.6 Å². The summed E-state index contributed by atoms with van der Waals surface area (Å²) in [5.41, 5.74) is 2.61. The normalized spacial score (nSPS) is 19.1. The quantitative estimate of drug-likeness (QED) is 0.370. The average molecular weight is 560 g/mol. The van der Waals surface area contributed by atoms with E-state index in [0.717, 1.165) is 36.7 Å². The summed E-state index contributed by atoms with van der Waals surface area (Å²) in [4.78, 5) is 49.3. The minimum absolute atomic E-state index is 0.0647. The summed E-state index contributed by atoms with van der Waals surface area (Å²) in [7, 11) is 0. The highest BCUT2D eigenvalue weighted by Crippen LogP contribution is 2.28. The van der Waals surface area contributed by atoms with Crippen LogP contribution in [0.3, 0.4) is 0 Å². The maximum atomic E-state index is 13.8. The Labute approximate surface area is 236 Å². The fourth-order valence-electron chi connectivity index (χ4n) is 5.73. The van der Waals surface area contributed by atoms with Crippen molar-refractivity contribution < 1.29 is 9.59 Å². The molecule has 2 N–H and O–H groups in total. The number of aromatic nitrogens is 4. The van der Waals surface area contributed by atoms with Crippen molar-refractivity contribution in [1.82, 2.24) is 29.7 Å². The zero-order valence-corrected chi connectivity index (χ0v) is 22.9. The van der Waals surface area contributed by atoms with Gasteiger partial charge in [0, 0.05) is 31.9 Å². The molecule has 0 atom stereocenters. The van der Waals surface area contributed by atoms with Gasteiger partial charge in [0.2, 0.25) is 0 Å². The van der Waals surface area contributed by atoms with E-state index in [1.54, 1.807) is 34.6 Å². The second-order valence-electron chi connectivity index (χ2n) is 10.4. The Balaban J connectivity index is 1.19. The molecule has 3 amide bonds. The third kappa shape index (κ3) is 4.95. The van der Waals surface area contributed by atoms with Crippen LogP contribution in [-0.2, 0) is 6.54 Å². The van der Waals surface area contributed by atoms with Gasteiger partial charge in [-0.3, -0.25) is 19.2 Å². The van der Waals surface area contributed by atoms with Gasteiger partial charge < -0.3 is 10.6 Å². The molecule has 0 spiro atoms. The second-order valence-corrected chi connectivity index (χ2v) is 10.9. The van der Waals surface area contributed by atoms with E-state index in [-0.39, 0.29) is 23.7 Å². The average Bonchev–Trinajstić information content (AvgIpc) is 3.51. The van der Waals surface area contributed by atoms with Crippen molar-refractivity contribution >= 4 is 40.4 Å². The molecule has 1 aliphatic carbocycles. The van der Waals surface area contributed by atoms with Crippen LogP contribution in [0.1, 0.15) is 41.7 Å². The van der Waals surface area contributed by atoms with E-state index in [0.29, 0.717) is 53.5 Å². The molecule has 1 aliphatic heterocycles. The van der Waals surface area contributed by atoms with Gasteiger partial charge in [-0.1, -0.05) is 29.8 Å². The SMILES string of the molecule is Cc1ncc(Cl)cc1C(=O)NC1CCC(Cn2c(=O)n(-c3cccc(N4CCNC4=O)n3)c3ccccc32)CC1. The number of urea groups is 1. The Morgan fingerprint density at radius 1 is 1.05 bits per heavy atom. The van der Waals surface area contributed by atoms with Crippen molar-refractivity contribution in [2.75, 3.05) is 18.0 Å². The van der Waals surface area contributed by atoms with Crippen LogP contribution in [-0.4, -0.2) is 50.2 Å². The molecule has 3 aromatic heterocycles. The summed E-state index contributed by atoms with van der Waals surface area (Å²) in [5, 5.41) is 6.36. The number of amides is 3. The van der Waals surface area contributed by atoms with E-state index < -0.39 is 0 Å². The highest BCUT2D eigenvalue weighted by molar-refractivity contribution is 6.30. The topological polar surface area (TPSA) is 114 Å². The molecule has 0 unspecified atom stereocenters. The maximum absolute atomic E-state index is 13.8. The van der Waals surface area contributed by atoms with Crippen molar-refractivity contribution in [3.63, 3.8) is 0 Å². The first-order valence-electron chi connectivity index (χ1n) is 13.5. The van der Waals surface area contributed by atoms with Gasteiger partial charge in [0.05, 0.1) is 27.3 Å². The lowest BCUT2D eigenvalue weighted by Gasteiger charge is -2.29. The number of pyridine rings is 2. The molecule has 4 aromatic rings. The zero-order valence-electron chi connectivity index (χ0n) is 22.1. The summed E-state index contributed by atoms with van der Waals surface area (Å²) in [6, 6.07) is 14.6. The molecule has 0 bridgehead atoms. The van der Waals surface area contributed by atoms with Gasteiger partial charge in [0.15, 0.2) is 0 Å². The fraction of sp³-hybridized carbons (Fsp3) is 0.345. The molecule has 0 radical (unpaired) electrons. The molecule has 206 valence electrons. The summed E-state index contributed by atoms with van der Waals surface area (Å²) in [6.45, 7) is 3.47. The van der Waals surface area contributed by atoms with Crippen LogP contribution in [0.25, 0.3) is 16.9 Å². The van der Waals surface area contributed by atoms with Gasteiger partial charge in [0.25, 0.3) is 5.91 Å². The number of carbonyl (C=O) groups is 2. The number of fused-ring (bicyclic) bond motifs is 1. The minimum atomic E-state index is -0.189. The number of imidazole rings is 1. The largest absolute Gasteiger partial charge is 0.349 e. The molecule has 11 heteroatoms. The smallest absolute Gasteiger partial charge is 0.334 e. The van der Waals surface area contributed by atoms with Crippen LogP contribution in [0.2, 0.25) is 5.02 Å². The van der Waals surface area contributed by atoms with Gasteiger partial charge >= 0.3 is 11.7 Å². The Morgan fingerprint density at radius 3 is 2.55 bits per heavy atom. The lowest BCUT2D eigenvalue weighted by atomic mass is 9.85. The van der Waals surface area contributed by atoms with Crippen LogP contribution >= 0.6 is 11.6 Å². The number of para-hydroxylation sites is 2. The monoisotopic (exact) mass is 559 g/mol. The van der Waals surface area contributed by atoms with Gasteiger partial charge in [-0.25, -0.2) is 19.1 Å². The zero-order chi connectivity index (χ0) is 27.8. The predicted octanol–water partition coefficient (Wildman–Crippen LogP) is 4.06. The molecule has 6 rings (SSSR count). The van der Waals surface area contributed by atoms with E-state index in [4.69, 9.17) is 11.6 Å². The molecule has 40 heavy (non-hydrogen) atoms. The van der Waals surface area contributed by atoms with Crippen LogP contribution in [0.15, 0.2) is 59.5 Å². The Hall–Kier alpha value is -4.18. The van der Waals surface area contributed by atoms with Gasteiger partial charge in [-0.2, -0.15) is 0 Å². The van der Waals surface area contributed by atoms with Gasteiger partial charge in [-0.15, -0.1) is 0 Å². The van der Waals surface area contributed by atoms with Crippen molar-refractivity contribution in [3.8, 4) is 5.82 Å². The lowest BCUT2D eigenvalue weighted by Crippen LogP contribution is -2.39. The Morgan fingerprint density at radius 2 is 1.80 bits per heavy atom. The molecule has 4 heterocycles.